The fraction of sp³-hybridized carbons (Fsp3) is 0.296. The van der Waals surface area contributed by atoms with Crippen molar-refractivity contribution >= 4 is 33.3 Å². The van der Waals surface area contributed by atoms with Gasteiger partial charge in [0, 0.05) is 23.8 Å². The molecule has 5 rings (SSSR count). The van der Waals surface area contributed by atoms with Gasteiger partial charge in [0.1, 0.15) is 11.5 Å². The van der Waals surface area contributed by atoms with Crippen molar-refractivity contribution in [1.29, 1.82) is 0 Å². The third-order valence-electron chi connectivity index (χ3n) is 6.80. The fourth-order valence-electron chi connectivity index (χ4n) is 4.69. The number of rotatable bonds is 8. The van der Waals surface area contributed by atoms with Gasteiger partial charge in [-0.3, -0.25) is 4.90 Å². The summed E-state index contributed by atoms with van der Waals surface area (Å²) in [5.74, 6) is 0.805. The zero-order valence-electron chi connectivity index (χ0n) is 20.6. The molecule has 0 radical (unpaired) electrons. The van der Waals surface area contributed by atoms with Crippen LogP contribution in [-0.4, -0.2) is 43.6 Å². The van der Waals surface area contributed by atoms with Crippen LogP contribution >= 0.6 is 11.6 Å². The first-order valence-electron chi connectivity index (χ1n) is 12.3. The third-order valence-corrected chi connectivity index (χ3v) is 8.96. The number of hydrogen-bond acceptors (Lipinski definition) is 4. The maximum Gasteiger partial charge on any atom is 0.416 e. The highest BCUT2D eigenvalue weighted by molar-refractivity contribution is 7.89. The summed E-state index contributed by atoms with van der Waals surface area (Å²) in [6, 6.07) is 15.9. The fourth-order valence-corrected chi connectivity index (χ4v) is 6.44. The zero-order valence-corrected chi connectivity index (χ0v) is 22.1. The van der Waals surface area contributed by atoms with E-state index in [1.54, 1.807) is 48.5 Å². The summed E-state index contributed by atoms with van der Waals surface area (Å²) in [5, 5.41) is 3.36. The van der Waals surface area contributed by atoms with E-state index in [1.165, 1.54) is 21.3 Å². The number of nitrogens with zero attached hydrogens (tertiary/aromatic N) is 2. The maximum absolute atomic E-state index is 13.5. The molecule has 0 spiro atoms. The average molecular weight is 580 g/mol. The lowest BCUT2D eigenvalue weighted by atomic mass is 9.95. The van der Waals surface area contributed by atoms with Crippen LogP contribution in [0.4, 0.5) is 23.7 Å². The van der Waals surface area contributed by atoms with Gasteiger partial charge in [0.15, 0.2) is 0 Å². The minimum atomic E-state index is -4.58. The highest BCUT2D eigenvalue weighted by Gasteiger charge is 2.43. The van der Waals surface area contributed by atoms with Gasteiger partial charge in [-0.15, -0.1) is 0 Å². The number of alkyl halides is 3. The Morgan fingerprint density at radius 3 is 2.21 bits per heavy atom. The smallest absolute Gasteiger partial charge is 0.416 e. The lowest BCUT2D eigenvalue weighted by Crippen LogP contribution is -2.44. The Balaban J connectivity index is 1.44. The van der Waals surface area contributed by atoms with Gasteiger partial charge in [-0.05, 0) is 79.1 Å². The van der Waals surface area contributed by atoms with Crippen LogP contribution in [-0.2, 0) is 16.2 Å². The summed E-state index contributed by atoms with van der Waals surface area (Å²) < 4.78 is 73.1. The molecule has 0 bridgehead atoms. The molecule has 12 heteroatoms. The van der Waals surface area contributed by atoms with Gasteiger partial charge < -0.3 is 10.1 Å². The van der Waals surface area contributed by atoms with Crippen LogP contribution in [0.3, 0.4) is 0 Å². The summed E-state index contributed by atoms with van der Waals surface area (Å²) in [6.07, 6.45) is -3.74. The minimum Gasteiger partial charge on any atom is -0.457 e. The Morgan fingerprint density at radius 1 is 0.974 bits per heavy atom. The molecule has 2 atom stereocenters. The second kappa shape index (κ2) is 10.7. The Morgan fingerprint density at radius 2 is 1.62 bits per heavy atom. The number of hydrogen-bond donors (Lipinski definition) is 1. The molecule has 3 aromatic rings. The highest BCUT2D eigenvalue weighted by Crippen LogP contribution is 2.39. The first-order chi connectivity index (χ1) is 18.5. The number of urea groups is 1. The monoisotopic (exact) mass is 579 g/mol. The molecule has 7 nitrogen and oxygen atoms in total. The van der Waals surface area contributed by atoms with E-state index in [4.69, 9.17) is 16.3 Å². The second-order valence-electron chi connectivity index (χ2n) is 9.40. The summed E-state index contributed by atoms with van der Waals surface area (Å²) in [4.78, 5) is 14.5. The van der Waals surface area contributed by atoms with Gasteiger partial charge in [-0.1, -0.05) is 23.7 Å². The van der Waals surface area contributed by atoms with Crippen LogP contribution in [0.25, 0.3) is 0 Å². The summed E-state index contributed by atoms with van der Waals surface area (Å²) >= 11 is 5.91. The summed E-state index contributed by atoms with van der Waals surface area (Å²) in [5.41, 5.74) is -0.180. The van der Waals surface area contributed by atoms with Crippen LogP contribution < -0.4 is 15.0 Å². The van der Waals surface area contributed by atoms with Crippen molar-refractivity contribution in [3.8, 4) is 11.5 Å². The Hall–Kier alpha value is -3.28. The van der Waals surface area contributed by atoms with Gasteiger partial charge in [-0.2, -0.15) is 13.2 Å². The molecule has 2 aliphatic heterocycles. The highest BCUT2D eigenvalue weighted by atomic mass is 35.5. The number of nitrogens with one attached hydrogen (secondary N) is 1. The minimum absolute atomic E-state index is 0.0414. The van der Waals surface area contributed by atoms with Gasteiger partial charge in [0.2, 0.25) is 10.0 Å². The number of sulfonamides is 1. The van der Waals surface area contributed by atoms with Crippen molar-refractivity contribution in [2.45, 2.75) is 31.1 Å². The molecular formula is C27H25ClF3N3O4S. The van der Waals surface area contributed by atoms with Crippen molar-refractivity contribution in [3.05, 3.63) is 88.9 Å². The average Bonchev–Trinajstić information content (AvgIpc) is 3.19. The molecule has 2 heterocycles. The quantitative estimate of drug-likeness (QED) is 0.344. The van der Waals surface area contributed by atoms with Gasteiger partial charge in [0.05, 0.1) is 23.4 Å². The lowest BCUT2D eigenvalue weighted by molar-refractivity contribution is -0.137. The van der Waals surface area contributed by atoms with E-state index in [2.05, 4.69) is 5.32 Å². The molecule has 0 saturated carbocycles. The molecule has 2 saturated heterocycles. The number of carbonyl (C=O) groups excluding carboxylic acids is 1. The SMILES string of the molecule is O=C1NC(CCS(=O)(=O)N2CCC2)C(c2cccc(C(F)(F)F)c2)N1c1ccc(Oc2ccc(Cl)cc2)cc1. The molecule has 206 valence electrons. The second-order valence-corrected chi connectivity index (χ2v) is 11.9. The van der Waals surface area contributed by atoms with Crippen LogP contribution in [0.2, 0.25) is 5.02 Å². The molecule has 2 fully saturated rings. The number of amides is 2. The van der Waals surface area contributed by atoms with E-state index in [1.807, 2.05) is 0 Å². The topological polar surface area (TPSA) is 79.0 Å². The van der Waals surface area contributed by atoms with E-state index in [0.717, 1.165) is 18.6 Å². The summed E-state index contributed by atoms with van der Waals surface area (Å²) in [7, 11) is -3.53. The molecule has 2 aliphatic rings. The van der Waals surface area contributed by atoms with Crippen LogP contribution in [0.1, 0.15) is 30.0 Å². The van der Waals surface area contributed by atoms with Crippen molar-refractivity contribution in [3.63, 3.8) is 0 Å². The lowest BCUT2D eigenvalue weighted by Gasteiger charge is -2.31. The van der Waals surface area contributed by atoms with Crippen LogP contribution in [0, 0.1) is 0 Å². The molecule has 3 aromatic carbocycles. The first kappa shape index (κ1) is 27.3. The molecule has 1 N–H and O–H groups in total. The Bertz CT molecular complexity index is 1450. The van der Waals surface area contributed by atoms with Gasteiger partial charge in [-0.25, -0.2) is 17.5 Å². The maximum atomic E-state index is 13.5. The van der Waals surface area contributed by atoms with Crippen LogP contribution in [0.15, 0.2) is 72.8 Å². The number of halogens is 4. The molecule has 2 amide bonds. The van der Waals surface area contributed by atoms with E-state index < -0.39 is 39.9 Å². The number of benzene rings is 3. The number of carbonyl (C=O) groups is 1. The number of anilines is 1. The Kier molecular flexibility index (Phi) is 7.49. The summed E-state index contributed by atoms with van der Waals surface area (Å²) in [6.45, 7) is 0.903. The predicted octanol–water partition coefficient (Wildman–Crippen LogP) is 6.22. The van der Waals surface area contributed by atoms with Gasteiger partial charge in [0.25, 0.3) is 0 Å². The van der Waals surface area contributed by atoms with Crippen molar-refractivity contribution in [2.24, 2.45) is 0 Å². The normalized spacial score (nSPS) is 20.0. The Labute approximate surface area is 229 Å². The van der Waals surface area contributed by atoms with E-state index >= 15 is 0 Å². The van der Waals surface area contributed by atoms with Crippen molar-refractivity contribution in [1.82, 2.24) is 9.62 Å². The molecular weight excluding hydrogens is 555 g/mol. The molecule has 2 unspecified atom stereocenters. The number of ether oxygens (including phenoxy) is 1. The first-order valence-corrected chi connectivity index (χ1v) is 14.3. The van der Waals surface area contributed by atoms with E-state index in [0.29, 0.717) is 35.3 Å². The molecule has 0 aromatic heterocycles. The molecule has 0 aliphatic carbocycles. The van der Waals surface area contributed by atoms with Gasteiger partial charge >= 0.3 is 12.2 Å². The third kappa shape index (κ3) is 6.00. The molecule has 39 heavy (non-hydrogen) atoms. The van der Waals surface area contributed by atoms with Crippen molar-refractivity contribution in [2.75, 3.05) is 23.7 Å². The standard InChI is InChI=1S/C27H25ClF3N3O4S/c28-20-5-9-22(10-6-20)38-23-11-7-21(8-12-23)34-25(18-3-1-4-19(17-18)27(29,30)31)24(32-26(34)35)13-16-39(36,37)33-14-2-15-33/h1,3-12,17,24-25H,2,13-16H2,(H,32,35). The van der Waals surface area contributed by atoms with E-state index in [-0.39, 0.29) is 17.7 Å². The predicted molar refractivity (Wildman–Crippen MR) is 142 cm³/mol. The largest absolute Gasteiger partial charge is 0.457 e. The van der Waals surface area contributed by atoms with Crippen LogP contribution in [0.5, 0.6) is 11.5 Å². The zero-order chi connectivity index (χ0) is 27.8. The van der Waals surface area contributed by atoms with Crippen molar-refractivity contribution < 1.29 is 31.1 Å². The van der Waals surface area contributed by atoms with E-state index in [9.17, 15) is 26.4 Å².